The molecule has 1 saturated heterocycles. The quantitative estimate of drug-likeness (QED) is 0.261. The predicted octanol–water partition coefficient (Wildman–Crippen LogP) is 8.21. The van der Waals surface area contributed by atoms with E-state index in [4.69, 9.17) is 4.98 Å². The second kappa shape index (κ2) is 8.53. The Bertz CT molecular complexity index is 1720. The first-order valence-corrected chi connectivity index (χ1v) is 13.0. The molecule has 3 heteroatoms. The van der Waals surface area contributed by atoms with Crippen LogP contribution in [0.15, 0.2) is 103 Å². The molecule has 0 N–H and O–H groups in total. The molecule has 0 amide bonds. The van der Waals surface area contributed by atoms with Gasteiger partial charge in [0.05, 0.1) is 11.4 Å². The van der Waals surface area contributed by atoms with E-state index in [2.05, 4.69) is 120 Å². The highest BCUT2D eigenvalue weighted by Gasteiger charge is 2.19. The highest BCUT2D eigenvalue weighted by molar-refractivity contribution is 5.92. The molecule has 3 nitrogen and oxygen atoms in total. The zero-order chi connectivity index (χ0) is 24.1. The van der Waals surface area contributed by atoms with Crippen molar-refractivity contribution in [2.24, 2.45) is 5.92 Å². The maximum Gasteiger partial charge on any atom is 0.145 e. The number of aromatic nitrogens is 2. The fourth-order valence-corrected chi connectivity index (χ4v) is 5.58. The van der Waals surface area contributed by atoms with Gasteiger partial charge in [-0.25, -0.2) is 4.98 Å². The SMILES string of the molecule is CC1CCN(c2cc(-c3ccc4ccccc4c3)c3nc(-c4ccc5ccccc5c4)cn3c2)CC1. The first-order valence-electron chi connectivity index (χ1n) is 13.0. The van der Waals surface area contributed by atoms with Crippen LogP contribution in [0.1, 0.15) is 19.8 Å². The highest BCUT2D eigenvalue weighted by atomic mass is 15.1. The van der Waals surface area contributed by atoms with Crippen LogP contribution in [0.2, 0.25) is 0 Å². The Morgan fingerprint density at radius 2 is 1.28 bits per heavy atom. The number of pyridine rings is 1. The van der Waals surface area contributed by atoms with Crippen molar-refractivity contribution in [3.8, 4) is 22.4 Å². The lowest BCUT2D eigenvalue weighted by Crippen LogP contribution is -2.32. The van der Waals surface area contributed by atoms with Crippen molar-refractivity contribution in [1.82, 2.24) is 9.38 Å². The average molecular weight is 468 g/mol. The van der Waals surface area contributed by atoms with Crippen LogP contribution in [0, 0.1) is 5.92 Å². The monoisotopic (exact) mass is 467 g/mol. The number of imidazole rings is 1. The minimum atomic E-state index is 0.803. The molecule has 0 atom stereocenters. The molecule has 1 fully saturated rings. The summed E-state index contributed by atoms with van der Waals surface area (Å²) in [4.78, 5) is 7.73. The van der Waals surface area contributed by atoms with Gasteiger partial charge in [0.15, 0.2) is 0 Å². The van der Waals surface area contributed by atoms with Gasteiger partial charge in [0.2, 0.25) is 0 Å². The van der Waals surface area contributed by atoms with Crippen LogP contribution in [-0.2, 0) is 0 Å². The number of hydrogen-bond donors (Lipinski definition) is 0. The number of piperidine rings is 1. The second-order valence-corrected chi connectivity index (χ2v) is 10.3. The van der Waals surface area contributed by atoms with Crippen LogP contribution in [0.4, 0.5) is 5.69 Å². The Labute approximate surface area is 211 Å². The van der Waals surface area contributed by atoms with E-state index in [1.165, 1.54) is 51.2 Å². The molecule has 0 radical (unpaired) electrons. The lowest BCUT2D eigenvalue weighted by atomic mass is 9.98. The van der Waals surface area contributed by atoms with Gasteiger partial charge in [0.1, 0.15) is 5.65 Å². The second-order valence-electron chi connectivity index (χ2n) is 10.3. The van der Waals surface area contributed by atoms with Crippen molar-refractivity contribution >= 4 is 32.9 Å². The molecule has 3 heterocycles. The Balaban J connectivity index is 1.41. The van der Waals surface area contributed by atoms with Crippen molar-refractivity contribution in [3.05, 3.63) is 103 Å². The molecule has 2 aromatic heterocycles. The summed E-state index contributed by atoms with van der Waals surface area (Å²) >= 11 is 0. The van der Waals surface area contributed by atoms with E-state index in [1.807, 2.05) is 0 Å². The van der Waals surface area contributed by atoms with Gasteiger partial charge in [-0.05, 0) is 64.1 Å². The molecule has 0 unspecified atom stereocenters. The van der Waals surface area contributed by atoms with E-state index in [0.717, 1.165) is 35.9 Å². The Hall–Kier alpha value is -4.11. The molecular weight excluding hydrogens is 438 g/mol. The Kier molecular flexibility index (Phi) is 5.02. The number of rotatable bonds is 3. The molecular formula is C33H29N3. The minimum Gasteiger partial charge on any atom is -0.370 e. The van der Waals surface area contributed by atoms with E-state index >= 15 is 0 Å². The molecule has 6 aromatic rings. The van der Waals surface area contributed by atoms with Gasteiger partial charge in [-0.1, -0.05) is 79.7 Å². The fraction of sp³-hybridized carbons (Fsp3) is 0.182. The predicted molar refractivity (Wildman–Crippen MR) is 152 cm³/mol. The largest absolute Gasteiger partial charge is 0.370 e. The van der Waals surface area contributed by atoms with Crippen LogP contribution >= 0.6 is 0 Å². The van der Waals surface area contributed by atoms with Gasteiger partial charge in [-0.3, -0.25) is 0 Å². The maximum absolute atomic E-state index is 5.19. The number of benzene rings is 4. The van der Waals surface area contributed by atoms with Crippen molar-refractivity contribution < 1.29 is 0 Å². The lowest BCUT2D eigenvalue weighted by Gasteiger charge is -2.32. The summed E-state index contributed by atoms with van der Waals surface area (Å²) in [6.45, 7) is 4.58. The van der Waals surface area contributed by atoms with E-state index in [-0.39, 0.29) is 0 Å². The first kappa shape index (κ1) is 21.2. The van der Waals surface area contributed by atoms with Gasteiger partial charge in [0, 0.05) is 36.6 Å². The molecule has 0 spiro atoms. The lowest BCUT2D eigenvalue weighted by molar-refractivity contribution is 0.438. The zero-order valence-corrected chi connectivity index (χ0v) is 20.6. The summed E-state index contributed by atoms with van der Waals surface area (Å²) < 4.78 is 2.24. The molecule has 4 aromatic carbocycles. The number of hydrogen-bond acceptors (Lipinski definition) is 2. The Morgan fingerprint density at radius 1 is 0.667 bits per heavy atom. The molecule has 0 bridgehead atoms. The summed E-state index contributed by atoms with van der Waals surface area (Å²) in [6, 6.07) is 32.8. The average Bonchev–Trinajstić information content (AvgIpc) is 3.37. The smallest absolute Gasteiger partial charge is 0.145 e. The third-order valence-electron chi connectivity index (χ3n) is 7.79. The third-order valence-corrected chi connectivity index (χ3v) is 7.79. The minimum absolute atomic E-state index is 0.803. The van der Waals surface area contributed by atoms with E-state index < -0.39 is 0 Å². The van der Waals surface area contributed by atoms with Gasteiger partial charge >= 0.3 is 0 Å². The molecule has 0 saturated carbocycles. The molecule has 7 rings (SSSR count). The molecule has 1 aliphatic rings. The van der Waals surface area contributed by atoms with E-state index in [1.54, 1.807) is 0 Å². The summed E-state index contributed by atoms with van der Waals surface area (Å²) in [5, 5.41) is 5.01. The van der Waals surface area contributed by atoms with Crippen LogP contribution in [0.25, 0.3) is 49.6 Å². The molecule has 176 valence electrons. The first-order chi connectivity index (χ1) is 17.7. The fourth-order valence-electron chi connectivity index (χ4n) is 5.58. The van der Waals surface area contributed by atoms with Gasteiger partial charge in [0.25, 0.3) is 0 Å². The number of anilines is 1. The third kappa shape index (κ3) is 3.72. The van der Waals surface area contributed by atoms with Crippen LogP contribution < -0.4 is 4.90 Å². The van der Waals surface area contributed by atoms with Gasteiger partial charge in [-0.2, -0.15) is 0 Å². The Morgan fingerprint density at radius 3 is 1.97 bits per heavy atom. The topological polar surface area (TPSA) is 20.5 Å². The highest BCUT2D eigenvalue weighted by Crippen LogP contribution is 2.34. The molecule has 0 aliphatic carbocycles. The summed E-state index contributed by atoms with van der Waals surface area (Å²) in [7, 11) is 0. The standard InChI is InChI=1S/C33H29N3/c1-23-14-16-35(17-15-23)30-20-31(28-12-10-24-6-2-4-8-26(24)18-28)33-34-32(22-36(33)21-30)29-13-11-25-7-3-5-9-27(25)19-29/h2-13,18-23H,14-17H2,1H3. The summed E-state index contributed by atoms with van der Waals surface area (Å²) in [6.07, 6.45) is 6.96. The summed E-state index contributed by atoms with van der Waals surface area (Å²) in [5.74, 6) is 0.803. The van der Waals surface area contributed by atoms with Gasteiger partial charge in [-0.15, -0.1) is 0 Å². The van der Waals surface area contributed by atoms with Crippen LogP contribution in [0.3, 0.4) is 0 Å². The number of nitrogens with zero attached hydrogens (tertiary/aromatic N) is 3. The van der Waals surface area contributed by atoms with Crippen molar-refractivity contribution in [2.75, 3.05) is 18.0 Å². The molecule has 1 aliphatic heterocycles. The zero-order valence-electron chi connectivity index (χ0n) is 20.6. The van der Waals surface area contributed by atoms with Crippen LogP contribution in [-0.4, -0.2) is 22.5 Å². The number of fused-ring (bicyclic) bond motifs is 3. The van der Waals surface area contributed by atoms with E-state index in [0.29, 0.717) is 0 Å². The van der Waals surface area contributed by atoms with Crippen molar-refractivity contribution in [3.63, 3.8) is 0 Å². The van der Waals surface area contributed by atoms with Crippen molar-refractivity contribution in [2.45, 2.75) is 19.8 Å². The van der Waals surface area contributed by atoms with Gasteiger partial charge < -0.3 is 9.30 Å². The molecule has 36 heavy (non-hydrogen) atoms. The van der Waals surface area contributed by atoms with Crippen LogP contribution in [0.5, 0.6) is 0 Å². The van der Waals surface area contributed by atoms with E-state index in [9.17, 15) is 0 Å². The normalized spacial score (nSPS) is 14.8. The van der Waals surface area contributed by atoms with Crippen molar-refractivity contribution in [1.29, 1.82) is 0 Å². The maximum atomic E-state index is 5.19. The summed E-state index contributed by atoms with van der Waals surface area (Å²) in [5.41, 5.74) is 6.83.